The molecule has 1 aromatic rings. The second-order valence-electron chi connectivity index (χ2n) is 4.56. The minimum absolute atomic E-state index is 0.356. The molecule has 0 saturated heterocycles. The molecule has 2 nitrogen and oxygen atoms in total. The van der Waals surface area contributed by atoms with Crippen molar-refractivity contribution >= 4 is 0 Å². The molecule has 0 aliphatic rings. The summed E-state index contributed by atoms with van der Waals surface area (Å²) in [6, 6.07) is 7.31. The van der Waals surface area contributed by atoms with Crippen LogP contribution in [0.4, 0.5) is 13.2 Å². The maximum atomic E-state index is 12.0. The fraction of sp³-hybridized carbons (Fsp3) is 0.571. The second-order valence-corrected chi connectivity index (χ2v) is 4.56. The van der Waals surface area contributed by atoms with Gasteiger partial charge in [-0.3, -0.25) is 0 Å². The summed E-state index contributed by atoms with van der Waals surface area (Å²) in [5, 5.41) is 0. The van der Waals surface area contributed by atoms with Gasteiger partial charge in [-0.2, -0.15) is 13.2 Å². The highest BCUT2D eigenvalue weighted by molar-refractivity contribution is 5.25. The topological polar surface area (TPSA) is 35.2 Å². The third-order valence-corrected chi connectivity index (χ3v) is 3.04. The van der Waals surface area contributed by atoms with E-state index in [1.54, 1.807) is 6.92 Å². The lowest BCUT2D eigenvalue weighted by molar-refractivity contribution is -0.149. The van der Waals surface area contributed by atoms with Crippen molar-refractivity contribution in [3.63, 3.8) is 0 Å². The molecular formula is C14H20F3NO. The van der Waals surface area contributed by atoms with E-state index in [9.17, 15) is 13.2 Å². The predicted molar refractivity (Wildman–Crippen MR) is 68.8 cm³/mol. The van der Waals surface area contributed by atoms with E-state index in [4.69, 9.17) is 10.5 Å². The van der Waals surface area contributed by atoms with Crippen molar-refractivity contribution < 1.29 is 17.9 Å². The van der Waals surface area contributed by atoms with Gasteiger partial charge in [0.05, 0.1) is 25.2 Å². The van der Waals surface area contributed by atoms with Gasteiger partial charge in [0.15, 0.2) is 0 Å². The summed E-state index contributed by atoms with van der Waals surface area (Å²) in [5.41, 5.74) is 8.04. The van der Waals surface area contributed by atoms with E-state index in [1.807, 2.05) is 24.3 Å². The van der Waals surface area contributed by atoms with Crippen molar-refractivity contribution in [2.75, 3.05) is 6.61 Å². The highest BCUT2D eigenvalue weighted by atomic mass is 19.4. The van der Waals surface area contributed by atoms with Gasteiger partial charge >= 0.3 is 6.18 Å². The zero-order chi connectivity index (χ0) is 14.5. The predicted octanol–water partition coefficient (Wildman–Crippen LogP) is 3.61. The van der Waals surface area contributed by atoms with Gasteiger partial charge in [-0.05, 0) is 24.5 Å². The van der Waals surface area contributed by atoms with E-state index >= 15 is 0 Å². The Morgan fingerprint density at radius 1 is 1.21 bits per heavy atom. The van der Waals surface area contributed by atoms with E-state index in [2.05, 4.69) is 6.92 Å². The molecule has 1 aromatic carbocycles. The molecule has 2 N–H and O–H groups in total. The second kappa shape index (κ2) is 6.91. The summed E-state index contributed by atoms with van der Waals surface area (Å²) in [5.74, 6) is 0. The zero-order valence-electron chi connectivity index (χ0n) is 11.2. The molecule has 0 aliphatic heterocycles. The smallest absolute Gasteiger partial charge is 0.376 e. The first-order valence-corrected chi connectivity index (χ1v) is 6.36. The number of rotatable bonds is 6. The maximum Gasteiger partial charge on any atom is 0.391 e. The molecule has 2 unspecified atom stereocenters. The van der Waals surface area contributed by atoms with E-state index in [0.29, 0.717) is 0 Å². The van der Waals surface area contributed by atoms with Gasteiger partial charge in [-0.1, -0.05) is 31.2 Å². The van der Waals surface area contributed by atoms with Crippen LogP contribution in [0.15, 0.2) is 24.3 Å². The number of nitrogens with two attached hydrogens (primary N) is 1. The molecule has 108 valence electrons. The van der Waals surface area contributed by atoms with Gasteiger partial charge in [0, 0.05) is 0 Å². The number of ether oxygens (including phenoxy) is 1. The molecule has 0 fully saturated rings. The average Bonchev–Trinajstić information content (AvgIpc) is 2.36. The summed E-state index contributed by atoms with van der Waals surface area (Å²) < 4.78 is 41.2. The molecule has 19 heavy (non-hydrogen) atoms. The lowest BCUT2D eigenvalue weighted by Gasteiger charge is -2.21. The first kappa shape index (κ1) is 16.0. The molecule has 0 radical (unpaired) electrons. The average molecular weight is 275 g/mol. The third kappa shape index (κ3) is 5.61. The van der Waals surface area contributed by atoms with Crippen molar-refractivity contribution in [3.05, 3.63) is 35.4 Å². The Morgan fingerprint density at radius 3 is 2.26 bits per heavy atom. The van der Waals surface area contributed by atoms with Gasteiger partial charge < -0.3 is 10.5 Å². The highest BCUT2D eigenvalue weighted by Gasteiger charge is 2.27. The normalized spacial score (nSPS) is 15.3. The number of hydrogen-bond acceptors (Lipinski definition) is 2. The van der Waals surface area contributed by atoms with Crippen LogP contribution in [-0.2, 0) is 11.2 Å². The van der Waals surface area contributed by atoms with Crippen LogP contribution >= 0.6 is 0 Å². The summed E-state index contributed by atoms with van der Waals surface area (Å²) >= 11 is 0. The van der Waals surface area contributed by atoms with Gasteiger partial charge in [-0.25, -0.2) is 0 Å². The lowest BCUT2D eigenvalue weighted by Crippen LogP contribution is -2.27. The van der Waals surface area contributed by atoms with Crippen molar-refractivity contribution in [2.24, 2.45) is 5.73 Å². The lowest BCUT2D eigenvalue weighted by atomic mass is 10.0. The Morgan fingerprint density at radius 2 is 1.79 bits per heavy atom. The number of alkyl halides is 3. The fourth-order valence-electron chi connectivity index (χ4n) is 1.71. The van der Waals surface area contributed by atoms with Crippen molar-refractivity contribution in [2.45, 2.75) is 45.0 Å². The van der Waals surface area contributed by atoms with Crippen molar-refractivity contribution in [1.29, 1.82) is 0 Å². The minimum Gasteiger partial charge on any atom is -0.376 e. The van der Waals surface area contributed by atoms with Crippen LogP contribution in [0.1, 0.15) is 37.4 Å². The Bertz CT molecular complexity index is 375. The summed E-state index contributed by atoms with van der Waals surface area (Å²) in [6.45, 7) is 3.39. The molecule has 0 bridgehead atoms. The van der Waals surface area contributed by atoms with Crippen LogP contribution in [0.5, 0.6) is 0 Å². The third-order valence-electron chi connectivity index (χ3n) is 3.04. The van der Waals surface area contributed by atoms with E-state index < -0.39 is 24.7 Å². The quantitative estimate of drug-likeness (QED) is 0.860. The molecule has 0 heterocycles. The summed E-state index contributed by atoms with van der Waals surface area (Å²) in [6.07, 6.45) is -4.65. The number of benzene rings is 1. The summed E-state index contributed by atoms with van der Waals surface area (Å²) in [7, 11) is 0. The SMILES string of the molecule is CCc1ccc(C(N)C(C)OCCC(F)(F)F)cc1. The van der Waals surface area contributed by atoms with Crippen LogP contribution in [0, 0.1) is 0 Å². The van der Waals surface area contributed by atoms with Crippen LogP contribution in [0.2, 0.25) is 0 Å². The van der Waals surface area contributed by atoms with Crippen molar-refractivity contribution in [1.82, 2.24) is 0 Å². The molecule has 0 spiro atoms. The van der Waals surface area contributed by atoms with Crippen molar-refractivity contribution in [3.8, 4) is 0 Å². The Labute approximate surface area is 111 Å². The molecular weight excluding hydrogens is 255 g/mol. The number of halogens is 3. The minimum atomic E-state index is -4.19. The first-order chi connectivity index (χ1) is 8.83. The van der Waals surface area contributed by atoms with Crippen LogP contribution < -0.4 is 5.73 Å². The monoisotopic (exact) mass is 275 g/mol. The number of hydrogen-bond donors (Lipinski definition) is 1. The largest absolute Gasteiger partial charge is 0.391 e. The van der Waals surface area contributed by atoms with Gasteiger partial charge in [0.25, 0.3) is 0 Å². The fourth-order valence-corrected chi connectivity index (χ4v) is 1.71. The molecule has 2 atom stereocenters. The van der Waals surface area contributed by atoms with Gasteiger partial charge in [0.1, 0.15) is 0 Å². The molecule has 5 heteroatoms. The van der Waals surface area contributed by atoms with E-state index in [0.717, 1.165) is 12.0 Å². The van der Waals surface area contributed by atoms with E-state index in [1.165, 1.54) is 5.56 Å². The van der Waals surface area contributed by atoms with Gasteiger partial charge in [-0.15, -0.1) is 0 Å². The Kier molecular flexibility index (Phi) is 5.82. The zero-order valence-corrected chi connectivity index (χ0v) is 11.2. The van der Waals surface area contributed by atoms with Crippen LogP contribution in [0.3, 0.4) is 0 Å². The van der Waals surface area contributed by atoms with Gasteiger partial charge in [0.2, 0.25) is 0 Å². The molecule has 0 saturated carbocycles. The molecule has 0 amide bonds. The Balaban J connectivity index is 2.49. The summed E-state index contributed by atoms with van der Waals surface area (Å²) in [4.78, 5) is 0. The molecule has 0 aromatic heterocycles. The first-order valence-electron chi connectivity index (χ1n) is 6.36. The molecule has 1 rings (SSSR count). The maximum absolute atomic E-state index is 12.0. The number of aryl methyl sites for hydroxylation is 1. The molecule has 0 aliphatic carbocycles. The van der Waals surface area contributed by atoms with E-state index in [-0.39, 0.29) is 6.61 Å². The van der Waals surface area contributed by atoms with Crippen LogP contribution in [0.25, 0.3) is 0 Å². The Hall–Kier alpha value is -1.07. The standard InChI is InChI=1S/C14H20F3NO/c1-3-11-4-6-12(7-5-11)13(18)10(2)19-9-8-14(15,16)17/h4-7,10,13H,3,8-9,18H2,1-2H3. The highest BCUT2D eigenvalue weighted by Crippen LogP contribution is 2.22. The van der Waals surface area contributed by atoms with Crippen LogP contribution in [-0.4, -0.2) is 18.9 Å².